The van der Waals surface area contributed by atoms with Gasteiger partial charge in [0.2, 0.25) is 0 Å². The summed E-state index contributed by atoms with van der Waals surface area (Å²) in [6.45, 7) is 0. The smallest absolute Gasteiger partial charge is 0.0616 e. The largest absolute Gasteiger partial charge is 0.0636 e. The first-order valence-electron chi connectivity index (χ1n) is 32.8. The van der Waals surface area contributed by atoms with Crippen molar-refractivity contribution < 1.29 is 30.2 Å². The lowest BCUT2D eigenvalue weighted by atomic mass is 9.84. The molecule has 0 bridgehead atoms. The second-order valence-electron chi connectivity index (χ2n) is 16.2. The zero-order valence-electron chi connectivity index (χ0n) is 57.7. The Hall–Kier alpha value is -8.84. The molecule has 0 nitrogen and oxygen atoms in total. The molecular weight excluding hydrogens is 817 g/mol. The Labute approximate surface area is 426 Å². The van der Waals surface area contributed by atoms with Crippen molar-refractivity contribution in [1.29, 1.82) is 0 Å². The van der Waals surface area contributed by atoms with Crippen molar-refractivity contribution in [3.63, 3.8) is 0 Å². The van der Waals surface area contributed by atoms with Crippen molar-refractivity contribution in [1.82, 2.24) is 0 Å². The van der Waals surface area contributed by atoms with Crippen molar-refractivity contribution >= 4 is 86.2 Å². The highest BCUT2D eigenvalue weighted by Crippen LogP contribution is 2.47. The van der Waals surface area contributed by atoms with E-state index >= 15 is 0 Å². The van der Waals surface area contributed by atoms with Gasteiger partial charge in [0.05, 0.1) is 30.2 Å². The quantitative estimate of drug-likeness (QED) is 0.155. The highest BCUT2D eigenvalue weighted by molar-refractivity contribution is 6.25. The molecule has 0 aliphatic rings. The lowest BCUT2D eigenvalue weighted by Crippen LogP contribution is -1.91. The summed E-state index contributed by atoms with van der Waals surface area (Å²) in [5.74, 6) is 0. The van der Waals surface area contributed by atoms with E-state index in [9.17, 15) is 6.85 Å². The number of fused-ring (bicyclic) bond motifs is 8. The zero-order chi connectivity index (χ0) is 64.1. The minimum Gasteiger partial charge on any atom is -0.0616 e. The van der Waals surface area contributed by atoms with Crippen LogP contribution in [0.25, 0.3) is 131 Å². The van der Waals surface area contributed by atoms with Crippen LogP contribution in [-0.2, 0) is 0 Å². The van der Waals surface area contributed by atoms with Gasteiger partial charge in [0.25, 0.3) is 0 Å². The average Bonchev–Trinajstić information content (AvgIpc) is 0.689. The standard InChI is InChI=1S/2C34H22/c2*1-2-12-25-22-26(21-20-23(25)10-1)33-29-15-5-7-17-31(29)34(32-18-8-6-16-30(32)33)28-19-9-13-24-11-3-4-14-27(24)28/h2*1-22H/i1D,2D,3D,4D,5D,6D,7D,8D,9D,10D,11D,12D,13D,14D,15D,16D,17D,18D,19D,20D,21D,22D;. The fourth-order valence-electron chi connectivity index (χ4n) is 9.55. The Morgan fingerprint density at radius 2 is 0.691 bits per heavy atom. The van der Waals surface area contributed by atoms with Crippen LogP contribution >= 0.6 is 0 Å². The predicted molar refractivity (Wildman–Crippen MR) is 295 cm³/mol. The Kier molecular flexibility index (Phi) is 5.61. The molecule has 14 aromatic rings. The molecule has 0 heteroatoms. The second-order valence-corrected chi connectivity index (χ2v) is 16.2. The van der Waals surface area contributed by atoms with Crippen LogP contribution in [-0.4, -0.2) is 0 Å². The second kappa shape index (κ2) is 16.5. The fraction of sp³-hybridized carbons (Fsp3) is 0. The SMILES string of the molecule is [2H]c1c([2H])c([2H])c2c([2H])c(-c3c4c([2H])c([2H])c([2H])c([2H])c4c(-c4c([2H])c([2H])c([2H])c5c([2H])c([2H])c([2H])c([2H])c45)c4c([2H])c([2H])c([2H])c([2H])c34)c([2H])c([2H])c2c1[2H].c1ccc2cc(-c3c4ccccc4c(-c4cccc5ccccc45)c4ccccc34)ccc2c1. The summed E-state index contributed by atoms with van der Waals surface area (Å²) in [5, 5.41) is 5.48. The van der Waals surface area contributed by atoms with Crippen molar-refractivity contribution in [2.45, 2.75) is 0 Å². The fourth-order valence-corrected chi connectivity index (χ4v) is 9.55. The molecule has 0 aromatic heterocycles. The first kappa shape index (κ1) is 23.1. The zero-order valence-corrected chi connectivity index (χ0v) is 35.7. The molecule has 0 spiro atoms. The molecule has 0 aliphatic carbocycles. The van der Waals surface area contributed by atoms with Crippen molar-refractivity contribution in [2.75, 3.05) is 0 Å². The molecular formula is C68H44. The topological polar surface area (TPSA) is 0 Å². The first-order chi connectivity index (χ1) is 42.9. The summed E-state index contributed by atoms with van der Waals surface area (Å²) in [4.78, 5) is 0. The third-order valence-electron chi connectivity index (χ3n) is 12.5. The highest BCUT2D eigenvalue weighted by atomic mass is 14.2. The molecule has 14 rings (SSSR count). The molecule has 0 heterocycles. The number of hydrogen-bond donors (Lipinski definition) is 0. The van der Waals surface area contributed by atoms with Gasteiger partial charge in [-0.3, -0.25) is 0 Å². The maximum absolute atomic E-state index is 9.32. The van der Waals surface area contributed by atoms with Crippen LogP contribution in [0.1, 0.15) is 30.2 Å². The first-order valence-corrected chi connectivity index (χ1v) is 21.8. The number of benzene rings is 14. The normalized spacial score (nSPS) is 16.1. The van der Waals surface area contributed by atoms with E-state index in [1.165, 1.54) is 65.3 Å². The minimum absolute atomic E-state index is 0.526. The summed E-state index contributed by atoms with van der Waals surface area (Å²) >= 11 is 0. The molecule has 14 aromatic carbocycles. The molecule has 0 unspecified atom stereocenters. The number of rotatable bonds is 4. The summed E-state index contributed by atoms with van der Waals surface area (Å²) in [6.07, 6.45) is 0. The van der Waals surface area contributed by atoms with E-state index in [2.05, 4.69) is 133 Å². The van der Waals surface area contributed by atoms with Gasteiger partial charge in [0.1, 0.15) is 0 Å². The molecule has 0 saturated carbocycles. The third kappa shape index (κ3) is 6.61. The molecule has 0 N–H and O–H groups in total. The van der Waals surface area contributed by atoms with Gasteiger partial charge in [-0.05, 0) is 143 Å². The molecule has 0 saturated heterocycles. The molecule has 68 heavy (non-hydrogen) atoms. The molecule has 0 atom stereocenters. The Morgan fingerprint density at radius 3 is 1.37 bits per heavy atom. The van der Waals surface area contributed by atoms with Crippen LogP contribution in [0.3, 0.4) is 0 Å². The van der Waals surface area contributed by atoms with E-state index in [-0.39, 0.29) is 0 Å². The Morgan fingerprint density at radius 1 is 0.221 bits per heavy atom. The van der Waals surface area contributed by atoms with Crippen molar-refractivity contribution in [3.8, 4) is 44.5 Å². The monoisotopic (exact) mass is 882 g/mol. The van der Waals surface area contributed by atoms with Gasteiger partial charge < -0.3 is 0 Å². The van der Waals surface area contributed by atoms with Crippen molar-refractivity contribution in [2.24, 2.45) is 0 Å². The molecule has 316 valence electrons. The van der Waals surface area contributed by atoms with E-state index in [0.29, 0.717) is 0 Å². The lowest BCUT2D eigenvalue weighted by molar-refractivity contribution is 1.68. The molecule has 0 radical (unpaired) electrons. The van der Waals surface area contributed by atoms with Crippen LogP contribution < -0.4 is 0 Å². The van der Waals surface area contributed by atoms with Gasteiger partial charge in [0, 0.05) is 0 Å². The van der Waals surface area contributed by atoms with E-state index in [4.69, 9.17) is 23.3 Å². The van der Waals surface area contributed by atoms with Gasteiger partial charge in [-0.15, -0.1) is 0 Å². The minimum atomic E-state index is -0.915. The molecule has 0 amide bonds. The Balaban J connectivity index is 0.000000185. The van der Waals surface area contributed by atoms with Crippen LogP contribution in [0.2, 0.25) is 0 Å². The predicted octanol–water partition coefficient (Wildman–Crippen LogP) is 19.3. The summed E-state index contributed by atoms with van der Waals surface area (Å²) < 4.78 is 193. The van der Waals surface area contributed by atoms with E-state index in [1.54, 1.807) is 0 Å². The maximum Gasteiger partial charge on any atom is 0.0636 e. The number of hydrogen-bond acceptors (Lipinski definition) is 0. The molecule has 0 aliphatic heterocycles. The van der Waals surface area contributed by atoms with E-state index in [0.717, 1.165) is 0 Å². The third-order valence-corrected chi connectivity index (χ3v) is 12.5. The molecule has 0 fully saturated rings. The van der Waals surface area contributed by atoms with Crippen LogP contribution in [0.15, 0.2) is 266 Å². The summed E-state index contributed by atoms with van der Waals surface area (Å²) in [5.41, 5.74) is 2.58. The Bertz CT molecular complexity index is 5430. The van der Waals surface area contributed by atoms with Gasteiger partial charge in [-0.2, -0.15) is 0 Å². The average molecular weight is 883 g/mol. The van der Waals surface area contributed by atoms with Gasteiger partial charge in [0.15, 0.2) is 0 Å². The van der Waals surface area contributed by atoms with E-state index < -0.39 is 198 Å². The lowest BCUT2D eigenvalue weighted by Gasteiger charge is -2.19. The van der Waals surface area contributed by atoms with Crippen molar-refractivity contribution in [3.05, 3.63) is 266 Å². The van der Waals surface area contributed by atoms with Gasteiger partial charge in [-0.25, -0.2) is 0 Å². The van der Waals surface area contributed by atoms with Crippen LogP contribution in [0.4, 0.5) is 0 Å². The van der Waals surface area contributed by atoms with Gasteiger partial charge >= 0.3 is 0 Å². The van der Waals surface area contributed by atoms with E-state index in [1.807, 2.05) is 0 Å². The van der Waals surface area contributed by atoms with Gasteiger partial charge in [-0.1, -0.05) is 254 Å². The van der Waals surface area contributed by atoms with Crippen LogP contribution in [0.5, 0.6) is 0 Å². The van der Waals surface area contributed by atoms with Crippen LogP contribution in [0, 0.1) is 0 Å². The highest BCUT2D eigenvalue weighted by Gasteiger charge is 2.20. The maximum atomic E-state index is 9.32. The summed E-state index contributed by atoms with van der Waals surface area (Å²) in [6, 6.07) is 29.7. The summed E-state index contributed by atoms with van der Waals surface area (Å²) in [7, 11) is 0.